The highest BCUT2D eigenvalue weighted by atomic mass is 16.6. The van der Waals surface area contributed by atoms with Gasteiger partial charge in [-0.1, -0.05) is 48.0 Å². The summed E-state index contributed by atoms with van der Waals surface area (Å²) in [7, 11) is 1.44. The molecule has 1 unspecified atom stereocenters. The van der Waals surface area contributed by atoms with Gasteiger partial charge in [-0.25, -0.2) is 4.79 Å². The van der Waals surface area contributed by atoms with E-state index in [9.17, 15) is 14.4 Å². The van der Waals surface area contributed by atoms with Gasteiger partial charge >= 0.3 is 5.97 Å². The van der Waals surface area contributed by atoms with Gasteiger partial charge in [0.2, 0.25) is 6.10 Å². The molecule has 33 heavy (non-hydrogen) atoms. The van der Waals surface area contributed by atoms with Gasteiger partial charge < -0.3 is 19.5 Å². The van der Waals surface area contributed by atoms with Gasteiger partial charge in [0.25, 0.3) is 5.91 Å². The summed E-state index contributed by atoms with van der Waals surface area (Å²) in [6.07, 6.45) is -1.16. The smallest absolute Gasteiger partial charge is 0.345 e. The van der Waals surface area contributed by atoms with Crippen LogP contribution >= 0.6 is 0 Å². The molecule has 3 aromatic rings. The molecule has 1 amide bonds. The lowest BCUT2D eigenvalue weighted by atomic mass is 10.1. The quantitative estimate of drug-likeness (QED) is 0.383. The van der Waals surface area contributed by atoms with Crippen LogP contribution in [0.5, 0.6) is 11.5 Å². The Morgan fingerprint density at radius 1 is 0.909 bits per heavy atom. The van der Waals surface area contributed by atoms with E-state index in [1.165, 1.54) is 20.1 Å². The SMILES string of the molecule is COc1cc(C(C)=O)ccc1OCC(=O)OC(C(=O)Nc1ccc(C)cc1)c1ccccc1. The molecule has 3 aromatic carbocycles. The van der Waals surface area contributed by atoms with Gasteiger partial charge in [0.1, 0.15) is 0 Å². The lowest BCUT2D eigenvalue weighted by molar-refractivity contribution is -0.156. The Hall–Kier alpha value is -4.13. The van der Waals surface area contributed by atoms with Crippen molar-refractivity contribution in [3.8, 4) is 11.5 Å². The van der Waals surface area contributed by atoms with Crippen LogP contribution in [0.4, 0.5) is 5.69 Å². The van der Waals surface area contributed by atoms with Crippen LogP contribution in [-0.2, 0) is 14.3 Å². The number of hydrogen-bond donors (Lipinski definition) is 1. The molecule has 0 heterocycles. The van der Waals surface area contributed by atoms with Crippen LogP contribution in [0.25, 0.3) is 0 Å². The van der Waals surface area contributed by atoms with Crippen molar-refractivity contribution in [2.45, 2.75) is 20.0 Å². The zero-order valence-electron chi connectivity index (χ0n) is 18.7. The number of rotatable bonds is 9. The average molecular weight is 447 g/mol. The number of nitrogens with one attached hydrogen (secondary N) is 1. The molecular weight excluding hydrogens is 422 g/mol. The maximum absolute atomic E-state index is 12.9. The fourth-order valence-electron chi connectivity index (χ4n) is 3.05. The Balaban J connectivity index is 1.71. The number of carbonyl (C=O) groups is 3. The third kappa shape index (κ3) is 6.43. The van der Waals surface area contributed by atoms with E-state index in [1.807, 2.05) is 19.1 Å². The summed E-state index contributed by atoms with van der Waals surface area (Å²) in [5, 5.41) is 2.77. The van der Waals surface area contributed by atoms with Crippen molar-refractivity contribution in [3.05, 3.63) is 89.5 Å². The van der Waals surface area contributed by atoms with E-state index < -0.39 is 24.6 Å². The predicted octanol–water partition coefficient (Wildman–Crippen LogP) is 4.51. The molecule has 0 aliphatic heterocycles. The lowest BCUT2D eigenvalue weighted by Crippen LogP contribution is -2.28. The number of carbonyl (C=O) groups excluding carboxylic acids is 3. The molecule has 1 atom stereocenters. The van der Waals surface area contributed by atoms with Crippen LogP contribution in [0.1, 0.15) is 34.5 Å². The molecule has 0 aliphatic carbocycles. The number of benzene rings is 3. The number of ether oxygens (including phenoxy) is 3. The third-order valence-corrected chi connectivity index (χ3v) is 4.82. The number of esters is 1. The fourth-order valence-corrected chi connectivity index (χ4v) is 3.05. The van der Waals surface area contributed by atoms with Crippen molar-refractivity contribution >= 4 is 23.3 Å². The molecule has 1 N–H and O–H groups in total. The van der Waals surface area contributed by atoms with E-state index in [0.717, 1.165) is 5.56 Å². The number of hydrogen-bond acceptors (Lipinski definition) is 6. The third-order valence-electron chi connectivity index (χ3n) is 4.82. The zero-order chi connectivity index (χ0) is 23.8. The van der Waals surface area contributed by atoms with E-state index in [1.54, 1.807) is 54.6 Å². The fraction of sp³-hybridized carbons (Fsp3) is 0.192. The van der Waals surface area contributed by atoms with Crippen molar-refractivity contribution in [2.75, 3.05) is 19.0 Å². The summed E-state index contributed by atoms with van der Waals surface area (Å²) in [6, 6.07) is 20.7. The highest BCUT2D eigenvalue weighted by Crippen LogP contribution is 2.28. The van der Waals surface area contributed by atoms with E-state index in [0.29, 0.717) is 22.6 Å². The lowest BCUT2D eigenvalue weighted by Gasteiger charge is -2.18. The Labute approximate surface area is 192 Å². The molecule has 170 valence electrons. The largest absolute Gasteiger partial charge is 0.493 e. The van der Waals surface area contributed by atoms with Gasteiger partial charge in [-0.2, -0.15) is 0 Å². The van der Waals surface area contributed by atoms with E-state index in [-0.39, 0.29) is 11.5 Å². The summed E-state index contributed by atoms with van der Waals surface area (Å²) in [4.78, 5) is 37.0. The van der Waals surface area contributed by atoms with Crippen molar-refractivity contribution < 1.29 is 28.6 Å². The Morgan fingerprint density at radius 3 is 2.24 bits per heavy atom. The minimum absolute atomic E-state index is 0.121. The maximum atomic E-state index is 12.9. The monoisotopic (exact) mass is 447 g/mol. The zero-order valence-corrected chi connectivity index (χ0v) is 18.7. The van der Waals surface area contributed by atoms with Crippen molar-refractivity contribution in [1.82, 2.24) is 0 Å². The van der Waals surface area contributed by atoms with Crippen LogP contribution in [-0.4, -0.2) is 31.4 Å². The van der Waals surface area contributed by atoms with Gasteiger partial charge in [-0.05, 0) is 44.2 Å². The second-order valence-electron chi connectivity index (χ2n) is 7.35. The number of aryl methyl sites for hydroxylation is 1. The van der Waals surface area contributed by atoms with Crippen LogP contribution < -0.4 is 14.8 Å². The Bertz CT molecular complexity index is 1130. The molecule has 0 fully saturated rings. The molecule has 0 bridgehead atoms. The van der Waals surface area contributed by atoms with E-state index in [2.05, 4.69) is 5.32 Å². The summed E-state index contributed by atoms with van der Waals surface area (Å²) >= 11 is 0. The summed E-state index contributed by atoms with van der Waals surface area (Å²) in [5.41, 5.74) is 2.63. The van der Waals surface area contributed by atoms with Crippen molar-refractivity contribution in [2.24, 2.45) is 0 Å². The van der Waals surface area contributed by atoms with Gasteiger partial charge in [0.05, 0.1) is 7.11 Å². The second-order valence-corrected chi connectivity index (χ2v) is 7.35. The molecule has 0 spiro atoms. The summed E-state index contributed by atoms with van der Waals surface area (Å²) in [6.45, 7) is 2.94. The number of Topliss-reactive ketones (excluding diaryl/α,β-unsaturated/α-hetero) is 1. The first-order valence-corrected chi connectivity index (χ1v) is 10.3. The Kier molecular flexibility index (Phi) is 7.81. The molecular formula is C26H25NO6. The number of ketones is 1. The molecule has 3 rings (SSSR count). The highest BCUT2D eigenvalue weighted by Gasteiger charge is 2.25. The molecule has 0 aromatic heterocycles. The van der Waals surface area contributed by atoms with Crippen LogP contribution in [0, 0.1) is 6.92 Å². The standard InChI is InChI=1S/C26H25NO6/c1-17-9-12-21(13-10-17)27-26(30)25(19-7-5-4-6-8-19)33-24(29)16-32-22-14-11-20(18(2)28)15-23(22)31-3/h4-15,25H,16H2,1-3H3,(H,27,30). The number of anilines is 1. The molecule has 0 aliphatic rings. The Morgan fingerprint density at radius 2 is 1.61 bits per heavy atom. The van der Waals surface area contributed by atoms with Crippen LogP contribution in [0.15, 0.2) is 72.8 Å². The first-order valence-electron chi connectivity index (χ1n) is 10.3. The highest BCUT2D eigenvalue weighted by molar-refractivity contribution is 5.96. The van der Waals surface area contributed by atoms with E-state index >= 15 is 0 Å². The molecule has 0 saturated heterocycles. The van der Waals surface area contributed by atoms with Gasteiger partial charge in [-0.3, -0.25) is 9.59 Å². The first-order chi connectivity index (χ1) is 15.9. The predicted molar refractivity (Wildman–Crippen MR) is 124 cm³/mol. The van der Waals surface area contributed by atoms with Crippen molar-refractivity contribution in [3.63, 3.8) is 0 Å². The summed E-state index contributed by atoms with van der Waals surface area (Å²) in [5.74, 6) is -0.751. The molecule has 0 saturated carbocycles. The topological polar surface area (TPSA) is 90.9 Å². The normalized spacial score (nSPS) is 11.2. The second kappa shape index (κ2) is 10.9. The minimum atomic E-state index is -1.16. The van der Waals surface area contributed by atoms with E-state index in [4.69, 9.17) is 14.2 Å². The minimum Gasteiger partial charge on any atom is -0.493 e. The summed E-state index contributed by atoms with van der Waals surface area (Å²) < 4.78 is 16.2. The average Bonchev–Trinajstić information content (AvgIpc) is 2.82. The first kappa shape index (κ1) is 23.5. The maximum Gasteiger partial charge on any atom is 0.345 e. The number of methoxy groups -OCH3 is 1. The molecule has 0 radical (unpaired) electrons. The molecule has 7 heteroatoms. The van der Waals surface area contributed by atoms with Crippen LogP contribution in [0.3, 0.4) is 0 Å². The molecule has 7 nitrogen and oxygen atoms in total. The van der Waals surface area contributed by atoms with Gasteiger partial charge in [0.15, 0.2) is 23.9 Å². The van der Waals surface area contributed by atoms with Crippen molar-refractivity contribution in [1.29, 1.82) is 0 Å². The van der Waals surface area contributed by atoms with Crippen LogP contribution in [0.2, 0.25) is 0 Å². The number of amides is 1. The van der Waals surface area contributed by atoms with Gasteiger partial charge in [0, 0.05) is 16.8 Å². The van der Waals surface area contributed by atoms with Gasteiger partial charge in [-0.15, -0.1) is 0 Å².